The molecule has 0 amide bonds. The number of carbonyl (C=O) groups is 1. The maximum Gasteiger partial charge on any atom is 0.309 e. The van der Waals surface area contributed by atoms with E-state index in [1.165, 1.54) is 77.0 Å². The lowest BCUT2D eigenvalue weighted by Gasteiger charge is -2.16. The first-order valence-corrected chi connectivity index (χ1v) is 10.7. The Balaban J connectivity index is 1.76. The van der Waals surface area contributed by atoms with Crippen LogP contribution in [-0.2, 0) is 9.53 Å². The Morgan fingerprint density at radius 2 is 1.38 bits per heavy atom. The smallest absolute Gasteiger partial charge is 0.309 e. The molecule has 24 heavy (non-hydrogen) atoms. The minimum absolute atomic E-state index is 0.0262. The van der Waals surface area contributed by atoms with Gasteiger partial charge in [0.15, 0.2) is 0 Å². The van der Waals surface area contributed by atoms with Crippen molar-refractivity contribution >= 4 is 5.97 Å². The summed E-state index contributed by atoms with van der Waals surface area (Å²) in [5.74, 6) is 0.148. The highest BCUT2D eigenvalue weighted by Gasteiger charge is 2.19. The molecule has 0 saturated carbocycles. The third kappa shape index (κ3) is 11.7. The van der Waals surface area contributed by atoms with Crippen molar-refractivity contribution in [1.29, 1.82) is 0 Å². The van der Waals surface area contributed by atoms with E-state index in [0.717, 1.165) is 25.7 Å². The minimum atomic E-state index is 0.0262. The third-order valence-electron chi connectivity index (χ3n) is 5.09. The number of hydrogen-bond acceptors (Lipinski definition) is 2. The quantitative estimate of drug-likeness (QED) is 0.183. The summed E-state index contributed by atoms with van der Waals surface area (Å²) < 4.78 is 5.41. The second-order valence-corrected chi connectivity index (χ2v) is 7.39. The van der Waals surface area contributed by atoms with Crippen LogP contribution in [-0.4, -0.2) is 12.6 Å². The topological polar surface area (TPSA) is 26.3 Å². The third-order valence-corrected chi connectivity index (χ3v) is 5.09. The molecule has 0 N–H and O–H groups in total. The molecule has 1 aliphatic carbocycles. The van der Waals surface area contributed by atoms with Crippen molar-refractivity contribution in [2.45, 2.75) is 110 Å². The molecule has 1 atom stereocenters. The molecular formula is C22H40O2. The van der Waals surface area contributed by atoms with Crippen LogP contribution in [0.15, 0.2) is 12.2 Å². The van der Waals surface area contributed by atoms with Crippen molar-refractivity contribution < 1.29 is 9.53 Å². The first-order valence-electron chi connectivity index (χ1n) is 10.7. The van der Waals surface area contributed by atoms with Crippen molar-refractivity contribution in [2.75, 3.05) is 6.61 Å². The number of allylic oxidation sites excluding steroid dienone is 2. The van der Waals surface area contributed by atoms with E-state index in [9.17, 15) is 4.79 Å². The molecule has 0 heterocycles. The van der Waals surface area contributed by atoms with Crippen molar-refractivity contribution in [3.8, 4) is 0 Å². The summed E-state index contributed by atoms with van der Waals surface area (Å²) in [7, 11) is 0. The van der Waals surface area contributed by atoms with E-state index in [4.69, 9.17) is 4.74 Å². The van der Waals surface area contributed by atoms with E-state index < -0.39 is 0 Å². The Kier molecular flexibility index (Phi) is 13.9. The lowest BCUT2D eigenvalue weighted by Crippen LogP contribution is -2.19. The van der Waals surface area contributed by atoms with Crippen molar-refractivity contribution in [3.63, 3.8) is 0 Å². The molecule has 140 valence electrons. The Labute approximate surface area is 150 Å². The zero-order valence-electron chi connectivity index (χ0n) is 16.1. The van der Waals surface area contributed by atoms with E-state index in [1.54, 1.807) is 0 Å². The van der Waals surface area contributed by atoms with Crippen LogP contribution in [0.2, 0.25) is 0 Å². The summed E-state index contributed by atoms with van der Waals surface area (Å²) in [6.45, 7) is 2.90. The van der Waals surface area contributed by atoms with E-state index in [1.807, 2.05) is 0 Å². The fourth-order valence-electron chi connectivity index (χ4n) is 3.42. The molecule has 1 unspecified atom stereocenters. The molecule has 0 fully saturated rings. The molecule has 1 rings (SSSR count). The molecule has 2 heteroatoms. The molecule has 0 aromatic rings. The molecule has 0 radical (unpaired) electrons. The molecule has 0 bridgehead atoms. The van der Waals surface area contributed by atoms with Crippen LogP contribution in [0.3, 0.4) is 0 Å². The lowest BCUT2D eigenvalue weighted by atomic mass is 9.95. The van der Waals surface area contributed by atoms with E-state index in [2.05, 4.69) is 19.1 Å². The first kappa shape index (κ1) is 21.3. The van der Waals surface area contributed by atoms with Crippen LogP contribution in [0, 0.1) is 5.92 Å². The average Bonchev–Trinajstić information content (AvgIpc) is 2.62. The van der Waals surface area contributed by atoms with Crippen LogP contribution in [0.5, 0.6) is 0 Å². The van der Waals surface area contributed by atoms with Gasteiger partial charge in [-0.25, -0.2) is 0 Å². The van der Waals surface area contributed by atoms with Gasteiger partial charge in [0.1, 0.15) is 0 Å². The largest absolute Gasteiger partial charge is 0.465 e. The number of hydrogen-bond donors (Lipinski definition) is 0. The summed E-state index contributed by atoms with van der Waals surface area (Å²) in [6, 6.07) is 0. The summed E-state index contributed by atoms with van der Waals surface area (Å²) >= 11 is 0. The normalized spacial score (nSPS) is 17.1. The zero-order valence-corrected chi connectivity index (χ0v) is 16.1. The van der Waals surface area contributed by atoms with Gasteiger partial charge in [-0.1, -0.05) is 96.1 Å². The molecule has 0 spiro atoms. The van der Waals surface area contributed by atoms with Crippen molar-refractivity contribution in [2.24, 2.45) is 5.92 Å². The number of carbonyl (C=O) groups excluding carboxylic acids is 1. The average molecular weight is 337 g/mol. The van der Waals surface area contributed by atoms with Gasteiger partial charge in [0, 0.05) is 0 Å². The number of unbranched alkanes of at least 4 members (excludes halogenated alkanes) is 12. The number of esters is 1. The van der Waals surface area contributed by atoms with E-state index >= 15 is 0 Å². The van der Waals surface area contributed by atoms with Crippen LogP contribution in [0.4, 0.5) is 0 Å². The molecule has 0 saturated heterocycles. The Morgan fingerprint density at radius 1 is 0.833 bits per heavy atom. The Bertz CT molecular complexity index is 322. The van der Waals surface area contributed by atoms with Crippen LogP contribution in [0.25, 0.3) is 0 Å². The highest BCUT2D eigenvalue weighted by atomic mass is 16.5. The van der Waals surface area contributed by atoms with Gasteiger partial charge in [-0.3, -0.25) is 4.79 Å². The van der Waals surface area contributed by atoms with Crippen LogP contribution >= 0.6 is 0 Å². The number of rotatable bonds is 15. The molecule has 0 aromatic heterocycles. The van der Waals surface area contributed by atoms with Gasteiger partial charge in [-0.15, -0.1) is 0 Å². The maximum absolute atomic E-state index is 11.9. The molecule has 0 aliphatic heterocycles. The van der Waals surface area contributed by atoms with Crippen molar-refractivity contribution in [1.82, 2.24) is 0 Å². The summed E-state index contributed by atoms with van der Waals surface area (Å²) in [5.41, 5.74) is 0. The highest BCUT2D eigenvalue weighted by Crippen LogP contribution is 2.19. The van der Waals surface area contributed by atoms with Crippen molar-refractivity contribution in [3.05, 3.63) is 12.2 Å². The molecule has 1 aliphatic rings. The van der Waals surface area contributed by atoms with Gasteiger partial charge in [-0.2, -0.15) is 0 Å². The summed E-state index contributed by atoms with van der Waals surface area (Å²) in [4.78, 5) is 11.9. The van der Waals surface area contributed by atoms with Gasteiger partial charge in [-0.05, 0) is 25.7 Å². The van der Waals surface area contributed by atoms with Crippen LogP contribution in [0.1, 0.15) is 110 Å². The monoisotopic (exact) mass is 336 g/mol. The summed E-state index contributed by atoms with van der Waals surface area (Å²) in [5, 5.41) is 0. The van der Waals surface area contributed by atoms with Gasteiger partial charge >= 0.3 is 5.97 Å². The summed E-state index contributed by atoms with van der Waals surface area (Å²) in [6.07, 6.45) is 24.7. The Hall–Kier alpha value is -0.790. The van der Waals surface area contributed by atoms with Gasteiger partial charge in [0.2, 0.25) is 0 Å². The van der Waals surface area contributed by atoms with Gasteiger partial charge in [0.25, 0.3) is 0 Å². The number of ether oxygens (including phenoxy) is 1. The minimum Gasteiger partial charge on any atom is -0.465 e. The van der Waals surface area contributed by atoms with Gasteiger partial charge in [0.05, 0.1) is 12.5 Å². The second-order valence-electron chi connectivity index (χ2n) is 7.39. The SMILES string of the molecule is CCCCCCCCCCCCCCCOC(=O)C1CC=CCC1. The lowest BCUT2D eigenvalue weighted by molar-refractivity contribution is -0.148. The predicted octanol–water partition coefficient (Wildman–Crippen LogP) is 6.98. The fraction of sp³-hybridized carbons (Fsp3) is 0.864. The molecule has 0 aromatic carbocycles. The van der Waals surface area contributed by atoms with Gasteiger partial charge < -0.3 is 4.74 Å². The fourth-order valence-corrected chi connectivity index (χ4v) is 3.42. The van der Waals surface area contributed by atoms with E-state index in [-0.39, 0.29) is 11.9 Å². The van der Waals surface area contributed by atoms with E-state index in [0.29, 0.717) is 6.61 Å². The predicted molar refractivity (Wildman–Crippen MR) is 103 cm³/mol. The standard InChI is InChI=1S/C22H40O2/c1-2-3-4-5-6-7-8-9-10-11-12-13-17-20-24-22(23)21-18-15-14-16-19-21/h14-15,21H,2-13,16-20H2,1H3. The molecule has 2 nitrogen and oxygen atoms in total. The zero-order chi connectivity index (χ0) is 17.3. The maximum atomic E-state index is 11.9. The first-order chi connectivity index (χ1) is 11.8. The Morgan fingerprint density at radius 3 is 1.88 bits per heavy atom. The molecular weight excluding hydrogens is 296 g/mol. The van der Waals surface area contributed by atoms with Crippen LogP contribution < -0.4 is 0 Å². The second kappa shape index (κ2) is 15.7. The highest BCUT2D eigenvalue weighted by molar-refractivity contribution is 5.72.